The van der Waals surface area contributed by atoms with Gasteiger partial charge in [0.05, 0.1) is 5.56 Å². The van der Waals surface area contributed by atoms with Gasteiger partial charge in [-0.1, -0.05) is 29.3 Å². The number of phenolic OH excluding ortho intramolecular Hbond substituents is 1. The fraction of sp³-hybridized carbons (Fsp3) is 0.143. The molecule has 1 heterocycles. The number of aromatic nitrogens is 1. The summed E-state index contributed by atoms with van der Waals surface area (Å²) >= 11 is 11.6. The Kier molecular flexibility index (Phi) is 4.16. The van der Waals surface area contributed by atoms with Crippen LogP contribution < -0.4 is 5.32 Å². The molecule has 104 valence electrons. The van der Waals surface area contributed by atoms with E-state index >= 15 is 0 Å². The maximum Gasteiger partial charge on any atom is 0.258 e. The number of hydrogen-bond donors (Lipinski definition) is 2. The largest absolute Gasteiger partial charge is 0.507 e. The van der Waals surface area contributed by atoms with E-state index in [1.165, 1.54) is 12.1 Å². The van der Waals surface area contributed by atoms with Crippen molar-refractivity contribution in [3.63, 3.8) is 0 Å². The summed E-state index contributed by atoms with van der Waals surface area (Å²) in [5.41, 5.74) is 2.07. The van der Waals surface area contributed by atoms with Crippen LogP contribution in [0.1, 0.15) is 21.5 Å². The SMILES string of the molecule is Cc1ccc(NC(=O)c2ccc(Cl)nc2Cl)c(C)c1O. The predicted molar refractivity (Wildman–Crippen MR) is 79.8 cm³/mol. The number of amides is 1. The molecule has 0 atom stereocenters. The fourth-order valence-electron chi connectivity index (χ4n) is 1.74. The molecular weight excluding hydrogens is 299 g/mol. The molecule has 0 saturated heterocycles. The van der Waals surface area contributed by atoms with E-state index in [1.54, 1.807) is 26.0 Å². The molecule has 1 aromatic heterocycles. The van der Waals surface area contributed by atoms with Crippen LogP contribution in [-0.4, -0.2) is 16.0 Å². The van der Waals surface area contributed by atoms with E-state index in [0.717, 1.165) is 5.56 Å². The van der Waals surface area contributed by atoms with E-state index in [9.17, 15) is 9.90 Å². The number of aromatic hydroxyl groups is 1. The molecule has 2 N–H and O–H groups in total. The van der Waals surface area contributed by atoms with Crippen molar-refractivity contribution in [3.8, 4) is 5.75 Å². The molecule has 0 fully saturated rings. The van der Waals surface area contributed by atoms with Crippen LogP contribution in [0.5, 0.6) is 5.75 Å². The zero-order valence-corrected chi connectivity index (χ0v) is 12.4. The Morgan fingerprint density at radius 3 is 2.55 bits per heavy atom. The predicted octanol–water partition coefficient (Wildman–Crippen LogP) is 3.96. The van der Waals surface area contributed by atoms with Crippen molar-refractivity contribution in [2.24, 2.45) is 0 Å². The van der Waals surface area contributed by atoms with Crippen LogP contribution in [0.15, 0.2) is 24.3 Å². The van der Waals surface area contributed by atoms with Crippen molar-refractivity contribution >= 4 is 34.8 Å². The van der Waals surface area contributed by atoms with Crippen LogP contribution in [0.4, 0.5) is 5.69 Å². The van der Waals surface area contributed by atoms with Gasteiger partial charge in [-0.05, 0) is 37.6 Å². The minimum atomic E-state index is -0.412. The minimum absolute atomic E-state index is 0.0315. The smallest absolute Gasteiger partial charge is 0.258 e. The summed E-state index contributed by atoms with van der Waals surface area (Å²) in [5.74, 6) is -0.256. The van der Waals surface area contributed by atoms with Crippen molar-refractivity contribution in [3.05, 3.63) is 51.3 Å². The van der Waals surface area contributed by atoms with Crippen LogP contribution >= 0.6 is 23.2 Å². The third-order valence-electron chi connectivity index (χ3n) is 2.94. The van der Waals surface area contributed by atoms with E-state index in [2.05, 4.69) is 10.3 Å². The monoisotopic (exact) mass is 310 g/mol. The van der Waals surface area contributed by atoms with Crippen molar-refractivity contribution in [2.45, 2.75) is 13.8 Å². The van der Waals surface area contributed by atoms with Gasteiger partial charge in [-0.2, -0.15) is 0 Å². The van der Waals surface area contributed by atoms with E-state index in [4.69, 9.17) is 23.2 Å². The van der Waals surface area contributed by atoms with E-state index < -0.39 is 5.91 Å². The van der Waals surface area contributed by atoms with Gasteiger partial charge in [0.1, 0.15) is 16.1 Å². The summed E-state index contributed by atoms with van der Waals surface area (Å²) < 4.78 is 0. The number of rotatable bonds is 2. The Morgan fingerprint density at radius 1 is 1.20 bits per heavy atom. The lowest BCUT2D eigenvalue weighted by atomic mass is 10.1. The second-order valence-electron chi connectivity index (χ2n) is 4.33. The minimum Gasteiger partial charge on any atom is -0.507 e. The molecular formula is C14H12Cl2N2O2. The number of nitrogens with zero attached hydrogens (tertiary/aromatic N) is 1. The molecule has 2 rings (SSSR count). The summed E-state index contributed by atoms with van der Waals surface area (Å²) in [7, 11) is 0. The maximum atomic E-state index is 12.1. The number of carbonyl (C=O) groups is 1. The first-order chi connectivity index (χ1) is 9.40. The van der Waals surface area contributed by atoms with Gasteiger partial charge in [-0.25, -0.2) is 4.98 Å². The highest BCUT2D eigenvalue weighted by molar-refractivity contribution is 6.35. The molecule has 0 saturated carbocycles. The molecule has 20 heavy (non-hydrogen) atoms. The topological polar surface area (TPSA) is 62.2 Å². The van der Waals surface area contributed by atoms with Crippen LogP contribution in [0, 0.1) is 13.8 Å². The van der Waals surface area contributed by atoms with Gasteiger partial charge in [0.2, 0.25) is 0 Å². The zero-order valence-electron chi connectivity index (χ0n) is 10.9. The molecule has 6 heteroatoms. The van der Waals surface area contributed by atoms with Crippen molar-refractivity contribution < 1.29 is 9.90 Å². The number of aryl methyl sites for hydroxylation is 1. The normalized spacial score (nSPS) is 10.4. The van der Waals surface area contributed by atoms with E-state index in [0.29, 0.717) is 11.3 Å². The highest BCUT2D eigenvalue weighted by Crippen LogP contribution is 2.28. The fourth-order valence-corrected chi connectivity index (χ4v) is 2.17. The number of anilines is 1. The number of halogens is 2. The molecule has 0 aliphatic rings. The summed E-state index contributed by atoms with van der Waals surface area (Å²) in [6.07, 6.45) is 0. The molecule has 0 radical (unpaired) electrons. The number of pyridine rings is 1. The van der Waals surface area contributed by atoms with Crippen LogP contribution in [0.25, 0.3) is 0 Å². The highest BCUT2D eigenvalue weighted by atomic mass is 35.5. The summed E-state index contributed by atoms with van der Waals surface area (Å²) in [4.78, 5) is 15.9. The first-order valence-electron chi connectivity index (χ1n) is 5.82. The zero-order chi connectivity index (χ0) is 14.9. The number of benzene rings is 1. The first-order valence-corrected chi connectivity index (χ1v) is 6.58. The van der Waals surface area contributed by atoms with Gasteiger partial charge in [0.15, 0.2) is 0 Å². The van der Waals surface area contributed by atoms with Crippen molar-refractivity contribution in [1.29, 1.82) is 0 Å². The lowest BCUT2D eigenvalue weighted by molar-refractivity contribution is 0.102. The molecule has 1 amide bonds. The Bertz CT molecular complexity index is 687. The van der Waals surface area contributed by atoms with Gasteiger partial charge >= 0.3 is 0 Å². The second-order valence-corrected chi connectivity index (χ2v) is 5.08. The Morgan fingerprint density at radius 2 is 1.90 bits per heavy atom. The van der Waals surface area contributed by atoms with Crippen LogP contribution in [0.2, 0.25) is 10.3 Å². The van der Waals surface area contributed by atoms with Gasteiger partial charge in [0, 0.05) is 11.3 Å². The lowest BCUT2D eigenvalue weighted by Gasteiger charge is -2.11. The number of nitrogens with one attached hydrogen (secondary N) is 1. The Balaban J connectivity index is 2.30. The molecule has 0 aliphatic carbocycles. The molecule has 1 aromatic carbocycles. The van der Waals surface area contributed by atoms with Gasteiger partial charge in [0.25, 0.3) is 5.91 Å². The standard InChI is InChI=1S/C14H12Cl2N2O2/c1-7-3-5-10(8(2)12(7)19)17-14(20)9-4-6-11(15)18-13(9)16/h3-6,19H,1-2H3,(H,17,20). The number of phenols is 1. The number of hydrogen-bond acceptors (Lipinski definition) is 3. The average Bonchev–Trinajstić information content (AvgIpc) is 2.39. The average molecular weight is 311 g/mol. The van der Waals surface area contributed by atoms with Crippen molar-refractivity contribution in [2.75, 3.05) is 5.32 Å². The lowest BCUT2D eigenvalue weighted by Crippen LogP contribution is -2.14. The molecule has 0 bridgehead atoms. The van der Waals surface area contributed by atoms with Crippen molar-refractivity contribution in [1.82, 2.24) is 4.98 Å². The summed E-state index contributed by atoms with van der Waals surface area (Å²) in [6, 6.07) is 6.43. The highest BCUT2D eigenvalue weighted by Gasteiger charge is 2.14. The molecule has 0 spiro atoms. The third kappa shape index (κ3) is 2.86. The first kappa shape index (κ1) is 14.6. The van der Waals surface area contributed by atoms with Gasteiger partial charge in [-0.15, -0.1) is 0 Å². The van der Waals surface area contributed by atoms with Gasteiger partial charge < -0.3 is 10.4 Å². The Labute approximate surface area is 126 Å². The molecule has 2 aromatic rings. The van der Waals surface area contributed by atoms with E-state index in [-0.39, 0.29) is 21.6 Å². The summed E-state index contributed by atoms with van der Waals surface area (Å²) in [5, 5.41) is 12.8. The molecule has 0 unspecified atom stereocenters. The summed E-state index contributed by atoms with van der Waals surface area (Å²) in [6.45, 7) is 3.51. The maximum absolute atomic E-state index is 12.1. The molecule has 0 aliphatic heterocycles. The molecule has 4 nitrogen and oxygen atoms in total. The second kappa shape index (κ2) is 5.69. The van der Waals surface area contributed by atoms with E-state index in [1.807, 2.05) is 0 Å². The number of carbonyl (C=O) groups excluding carboxylic acids is 1. The Hall–Kier alpha value is -1.78. The quantitative estimate of drug-likeness (QED) is 0.825. The van der Waals surface area contributed by atoms with Crippen LogP contribution in [-0.2, 0) is 0 Å². The third-order valence-corrected chi connectivity index (χ3v) is 3.44. The van der Waals surface area contributed by atoms with Gasteiger partial charge in [-0.3, -0.25) is 4.79 Å². The van der Waals surface area contributed by atoms with Crippen LogP contribution in [0.3, 0.4) is 0 Å².